The van der Waals surface area contributed by atoms with E-state index in [1.165, 1.54) is 5.56 Å². The van der Waals surface area contributed by atoms with Crippen molar-refractivity contribution in [2.24, 2.45) is 5.73 Å². The van der Waals surface area contributed by atoms with Crippen LogP contribution in [0.3, 0.4) is 0 Å². The maximum atomic E-state index is 10.9. The zero-order chi connectivity index (χ0) is 18.4. The van der Waals surface area contributed by atoms with Crippen LogP contribution in [0.2, 0.25) is 0 Å². The average molecular weight is 356 g/mol. The Hall–Kier alpha value is -1.90. The van der Waals surface area contributed by atoms with Crippen LogP contribution in [-0.4, -0.2) is 12.0 Å². The quantitative estimate of drug-likeness (QED) is 0.712. The minimum absolute atomic E-state index is 0. The number of nitrogens with two attached hydrogens (primary N) is 1. The number of rotatable bonds is 6. The van der Waals surface area contributed by atoms with E-state index in [-0.39, 0.29) is 36.0 Å². The fourth-order valence-electron chi connectivity index (χ4n) is 2.52. The second kappa shape index (κ2) is 10.3. The first-order valence-corrected chi connectivity index (χ1v) is 8.20. The van der Waals surface area contributed by atoms with Gasteiger partial charge in [0.1, 0.15) is 0 Å². The number of benzene rings is 2. The maximum absolute atomic E-state index is 10.9. The predicted molar refractivity (Wildman–Crippen MR) is 96.4 cm³/mol. The van der Waals surface area contributed by atoms with Crippen LogP contribution in [0.1, 0.15) is 48.4 Å². The molecule has 2 rings (SSSR count). The molecule has 0 saturated carbocycles. The molecule has 128 valence electrons. The zero-order valence-electron chi connectivity index (χ0n) is 15.4. The van der Waals surface area contributed by atoms with Crippen LogP contribution in [0.4, 0.5) is 0 Å². The summed E-state index contributed by atoms with van der Waals surface area (Å²) in [5.74, 6) is -0.839. The smallest absolute Gasteiger partial charge is 0.548 e. The summed E-state index contributed by atoms with van der Waals surface area (Å²) < 4.78 is 0. The second-order valence-corrected chi connectivity index (χ2v) is 6.24. The van der Waals surface area contributed by atoms with Gasteiger partial charge in [-0.1, -0.05) is 56.3 Å². The van der Waals surface area contributed by atoms with Crippen LogP contribution in [0.15, 0.2) is 54.6 Å². The molecule has 4 nitrogen and oxygen atoms in total. The van der Waals surface area contributed by atoms with E-state index in [0.717, 1.165) is 16.7 Å². The molecule has 0 amide bonds. The van der Waals surface area contributed by atoms with E-state index in [0.29, 0.717) is 11.5 Å². The van der Waals surface area contributed by atoms with Gasteiger partial charge in [0.25, 0.3) is 0 Å². The third-order valence-electron chi connectivity index (χ3n) is 4.09. The van der Waals surface area contributed by atoms with E-state index >= 15 is 0 Å². The van der Waals surface area contributed by atoms with Crippen LogP contribution < -0.4 is 40.4 Å². The Balaban J connectivity index is 0.00000338. The Bertz CT molecular complexity index is 803. The normalized spacial score (nSPS) is 12.2. The monoisotopic (exact) mass is 356 g/mol. The SMILES string of the molecule is CC(C)c1ccc(/C(=C\CC(N)C(=O)[O-])c2ccc(C#N)cc2)cc1.[Na+]. The Kier molecular flexibility index (Phi) is 8.77. The Morgan fingerprint density at radius 2 is 1.62 bits per heavy atom. The van der Waals surface area contributed by atoms with Gasteiger partial charge >= 0.3 is 29.6 Å². The largest absolute Gasteiger partial charge is 1.00 e. The van der Waals surface area contributed by atoms with Crippen LogP contribution in [0, 0.1) is 11.3 Å². The van der Waals surface area contributed by atoms with Crippen molar-refractivity contribution in [1.82, 2.24) is 0 Å². The third-order valence-corrected chi connectivity index (χ3v) is 4.09. The molecule has 1 unspecified atom stereocenters. The van der Waals surface area contributed by atoms with Crippen LogP contribution in [-0.2, 0) is 4.79 Å². The molecule has 0 aromatic heterocycles. The van der Waals surface area contributed by atoms with Crippen molar-refractivity contribution >= 4 is 11.5 Å². The van der Waals surface area contributed by atoms with Crippen molar-refractivity contribution in [1.29, 1.82) is 5.26 Å². The van der Waals surface area contributed by atoms with Gasteiger partial charge in [-0.2, -0.15) is 5.26 Å². The van der Waals surface area contributed by atoms with Gasteiger partial charge in [0.2, 0.25) is 0 Å². The topological polar surface area (TPSA) is 89.9 Å². The molecule has 26 heavy (non-hydrogen) atoms. The summed E-state index contributed by atoms with van der Waals surface area (Å²) in [5.41, 5.74) is 10.1. The number of carbonyl (C=O) groups is 1. The summed E-state index contributed by atoms with van der Waals surface area (Å²) in [5, 5.41) is 19.8. The number of carboxylic acid groups (broad SMARTS) is 1. The summed E-state index contributed by atoms with van der Waals surface area (Å²) in [6.07, 6.45) is 1.98. The van der Waals surface area contributed by atoms with E-state index in [1.807, 2.05) is 30.3 Å². The minimum atomic E-state index is -1.27. The predicted octanol–water partition coefficient (Wildman–Crippen LogP) is -0.415. The van der Waals surface area contributed by atoms with Gasteiger partial charge in [0, 0.05) is 6.04 Å². The molecular weight excluding hydrogens is 335 g/mol. The van der Waals surface area contributed by atoms with Crippen molar-refractivity contribution in [3.63, 3.8) is 0 Å². The number of aliphatic carboxylic acids is 1. The molecule has 0 saturated heterocycles. The summed E-state index contributed by atoms with van der Waals surface area (Å²) >= 11 is 0. The van der Waals surface area contributed by atoms with Crippen LogP contribution in [0.5, 0.6) is 0 Å². The van der Waals surface area contributed by atoms with E-state index in [2.05, 4.69) is 32.0 Å². The summed E-state index contributed by atoms with van der Waals surface area (Å²) in [6, 6.07) is 16.4. The number of nitriles is 1. The molecular formula is C21H21N2NaO2. The van der Waals surface area contributed by atoms with Crippen molar-refractivity contribution < 1.29 is 39.5 Å². The van der Waals surface area contributed by atoms with E-state index in [4.69, 9.17) is 11.0 Å². The standard InChI is InChI=1S/C21H22N2O2.Na/c1-14(2)16-7-9-18(10-8-16)19(11-12-20(23)21(24)25)17-5-3-15(13-22)4-6-17;/h3-11,14,20H,12,23H2,1-2H3,(H,24,25);/q;+1/p-1/b19-11-;. The molecule has 0 aliphatic carbocycles. The first-order valence-electron chi connectivity index (χ1n) is 8.20. The van der Waals surface area contributed by atoms with E-state index < -0.39 is 12.0 Å². The summed E-state index contributed by atoms with van der Waals surface area (Å²) in [4.78, 5) is 10.9. The first-order chi connectivity index (χ1) is 11.9. The molecule has 0 radical (unpaired) electrons. The molecule has 0 heterocycles. The van der Waals surface area contributed by atoms with E-state index in [1.54, 1.807) is 12.1 Å². The minimum Gasteiger partial charge on any atom is -0.548 e. The second-order valence-electron chi connectivity index (χ2n) is 6.24. The fourth-order valence-corrected chi connectivity index (χ4v) is 2.52. The van der Waals surface area contributed by atoms with Crippen molar-refractivity contribution in [3.05, 3.63) is 76.9 Å². The molecule has 0 spiro atoms. The average Bonchev–Trinajstić information content (AvgIpc) is 2.62. The number of hydrogen-bond donors (Lipinski definition) is 1. The Labute approximate surface area is 176 Å². The number of carboxylic acids is 1. The van der Waals surface area contributed by atoms with E-state index in [9.17, 15) is 9.90 Å². The first kappa shape index (κ1) is 22.1. The van der Waals surface area contributed by atoms with Crippen LogP contribution >= 0.6 is 0 Å². The molecule has 0 aliphatic heterocycles. The van der Waals surface area contributed by atoms with Gasteiger partial charge in [0.15, 0.2) is 0 Å². The summed E-state index contributed by atoms with van der Waals surface area (Å²) in [6.45, 7) is 4.26. The molecule has 2 aromatic carbocycles. The van der Waals surface area contributed by atoms with Gasteiger partial charge < -0.3 is 15.6 Å². The summed E-state index contributed by atoms with van der Waals surface area (Å²) in [7, 11) is 0. The van der Waals surface area contributed by atoms with Gasteiger partial charge in [-0.15, -0.1) is 0 Å². The Morgan fingerprint density at radius 3 is 2.04 bits per heavy atom. The third kappa shape index (κ3) is 5.82. The van der Waals surface area contributed by atoms with Gasteiger partial charge in [0.05, 0.1) is 17.6 Å². The van der Waals surface area contributed by atoms with Crippen molar-refractivity contribution in [3.8, 4) is 6.07 Å². The van der Waals surface area contributed by atoms with Gasteiger partial charge in [-0.05, 0) is 46.7 Å². The van der Waals surface area contributed by atoms with Crippen LogP contribution in [0.25, 0.3) is 5.57 Å². The maximum Gasteiger partial charge on any atom is 1.00 e. The Morgan fingerprint density at radius 1 is 1.12 bits per heavy atom. The molecule has 2 N–H and O–H groups in total. The molecule has 2 aromatic rings. The fraction of sp³-hybridized carbons (Fsp3) is 0.238. The number of nitrogens with zero attached hydrogens (tertiary/aromatic N) is 1. The molecule has 0 bridgehead atoms. The van der Waals surface area contributed by atoms with Crippen molar-refractivity contribution in [2.45, 2.75) is 32.2 Å². The molecule has 1 atom stereocenters. The van der Waals surface area contributed by atoms with Gasteiger partial charge in [-0.25, -0.2) is 0 Å². The zero-order valence-corrected chi connectivity index (χ0v) is 17.4. The molecule has 5 heteroatoms. The molecule has 0 aliphatic rings. The molecule has 0 fully saturated rings. The van der Waals surface area contributed by atoms with Crippen molar-refractivity contribution in [2.75, 3.05) is 0 Å². The number of carbonyl (C=O) groups excluding carboxylic acids is 1. The number of hydrogen-bond acceptors (Lipinski definition) is 4. The van der Waals surface area contributed by atoms with Gasteiger partial charge in [-0.3, -0.25) is 0 Å².